The zero-order valence-corrected chi connectivity index (χ0v) is 14.5. The summed E-state index contributed by atoms with van der Waals surface area (Å²) in [5.41, 5.74) is -0.138. The first-order chi connectivity index (χ1) is 12.2. The van der Waals surface area contributed by atoms with Crippen LogP contribution in [-0.2, 0) is 10.0 Å². The number of carbonyl (C=O) groups is 1. The lowest BCUT2D eigenvalue weighted by atomic mass is 10.2. The van der Waals surface area contributed by atoms with Gasteiger partial charge in [0.25, 0.3) is 5.91 Å². The molecule has 0 saturated heterocycles. The van der Waals surface area contributed by atoms with Crippen LogP contribution in [0, 0.1) is 17.5 Å². The molecule has 1 aliphatic rings. The Bertz CT molecular complexity index is 975. The van der Waals surface area contributed by atoms with Crippen molar-refractivity contribution in [1.29, 1.82) is 0 Å². The molecule has 2 aromatic carbocycles. The van der Waals surface area contributed by atoms with Gasteiger partial charge in [-0.3, -0.25) is 9.10 Å². The summed E-state index contributed by atoms with van der Waals surface area (Å²) in [5.74, 6) is -3.81. The van der Waals surface area contributed by atoms with Gasteiger partial charge in [-0.05, 0) is 49.2 Å². The Hall–Kier alpha value is -2.55. The molecule has 26 heavy (non-hydrogen) atoms. The Morgan fingerprint density at radius 2 is 1.77 bits per heavy atom. The minimum absolute atomic E-state index is 0.0722. The van der Waals surface area contributed by atoms with Gasteiger partial charge in [0.1, 0.15) is 5.82 Å². The second kappa shape index (κ2) is 6.64. The van der Waals surface area contributed by atoms with E-state index in [1.165, 1.54) is 6.07 Å². The molecule has 0 spiro atoms. The van der Waals surface area contributed by atoms with Crippen molar-refractivity contribution in [2.75, 3.05) is 15.9 Å². The van der Waals surface area contributed by atoms with Crippen LogP contribution in [-0.4, -0.2) is 26.6 Å². The molecule has 0 unspecified atom stereocenters. The number of amides is 1. The normalized spacial score (nSPS) is 14.2. The summed E-state index contributed by atoms with van der Waals surface area (Å²) < 4.78 is 65.4. The van der Waals surface area contributed by atoms with Crippen LogP contribution in [0.1, 0.15) is 23.2 Å². The summed E-state index contributed by atoms with van der Waals surface area (Å²) >= 11 is 0. The third-order valence-electron chi connectivity index (χ3n) is 3.86. The van der Waals surface area contributed by atoms with Gasteiger partial charge in [-0.15, -0.1) is 0 Å². The molecule has 1 N–H and O–H groups in total. The van der Waals surface area contributed by atoms with E-state index in [1.807, 2.05) is 0 Å². The third kappa shape index (κ3) is 3.82. The van der Waals surface area contributed by atoms with E-state index in [-0.39, 0.29) is 23.0 Å². The smallest absolute Gasteiger partial charge is 0.255 e. The second-order valence-electron chi connectivity index (χ2n) is 6.03. The van der Waals surface area contributed by atoms with Crippen molar-refractivity contribution in [3.63, 3.8) is 0 Å². The number of anilines is 2. The van der Waals surface area contributed by atoms with Gasteiger partial charge in [-0.1, -0.05) is 0 Å². The standard InChI is InChI=1S/C17H15F3N2O3S/c1-26(24,25)22(12-4-5-12)16-7-3-11(18)9-15(16)21-17(23)10-2-6-13(19)14(20)8-10/h2-3,6-9,12H,4-5H2,1H3,(H,21,23). The number of carbonyl (C=O) groups excluding carboxylic acids is 1. The Morgan fingerprint density at radius 3 is 2.35 bits per heavy atom. The van der Waals surface area contributed by atoms with Gasteiger partial charge in [0.2, 0.25) is 10.0 Å². The molecule has 0 radical (unpaired) electrons. The average Bonchev–Trinajstić information content (AvgIpc) is 3.35. The summed E-state index contributed by atoms with van der Waals surface area (Å²) in [6.45, 7) is 0. The number of halogens is 3. The van der Waals surface area contributed by atoms with Crippen LogP contribution < -0.4 is 9.62 Å². The SMILES string of the molecule is CS(=O)(=O)N(c1ccc(F)cc1NC(=O)c1ccc(F)c(F)c1)C1CC1. The lowest BCUT2D eigenvalue weighted by Gasteiger charge is -2.25. The second-order valence-corrected chi connectivity index (χ2v) is 7.89. The van der Waals surface area contributed by atoms with E-state index in [1.54, 1.807) is 0 Å². The molecule has 0 aromatic heterocycles. The highest BCUT2D eigenvalue weighted by Gasteiger charge is 2.36. The molecule has 0 heterocycles. The molecular formula is C17H15F3N2O3S. The molecule has 0 atom stereocenters. The van der Waals surface area contributed by atoms with Crippen LogP contribution in [0.5, 0.6) is 0 Å². The number of benzene rings is 2. The Kier molecular flexibility index (Phi) is 4.66. The molecule has 5 nitrogen and oxygen atoms in total. The maximum Gasteiger partial charge on any atom is 0.255 e. The summed E-state index contributed by atoms with van der Waals surface area (Å²) in [7, 11) is -3.65. The Balaban J connectivity index is 1.98. The molecule has 1 saturated carbocycles. The fourth-order valence-corrected chi connectivity index (χ4v) is 3.86. The molecule has 9 heteroatoms. The summed E-state index contributed by atoms with van der Waals surface area (Å²) in [4.78, 5) is 12.3. The number of hydrogen-bond donors (Lipinski definition) is 1. The van der Waals surface area contributed by atoms with E-state index in [9.17, 15) is 26.4 Å². The van der Waals surface area contributed by atoms with Crippen molar-refractivity contribution in [2.45, 2.75) is 18.9 Å². The predicted octanol–water partition coefficient (Wildman–Crippen LogP) is 3.28. The molecule has 1 aliphatic carbocycles. The number of sulfonamides is 1. The lowest BCUT2D eigenvalue weighted by molar-refractivity contribution is 0.102. The maximum absolute atomic E-state index is 13.7. The largest absolute Gasteiger partial charge is 0.320 e. The van der Waals surface area contributed by atoms with Crippen molar-refractivity contribution in [1.82, 2.24) is 0 Å². The summed E-state index contributed by atoms with van der Waals surface area (Å²) in [6, 6.07) is 5.64. The topological polar surface area (TPSA) is 66.5 Å². The fraction of sp³-hybridized carbons (Fsp3) is 0.235. The molecule has 0 bridgehead atoms. The molecule has 3 rings (SSSR count). The van der Waals surface area contributed by atoms with Gasteiger partial charge < -0.3 is 5.32 Å². The van der Waals surface area contributed by atoms with Crippen LogP contribution in [0.3, 0.4) is 0 Å². The molecule has 0 aliphatic heterocycles. The van der Waals surface area contributed by atoms with E-state index in [0.717, 1.165) is 34.8 Å². The van der Waals surface area contributed by atoms with Crippen molar-refractivity contribution < 1.29 is 26.4 Å². The summed E-state index contributed by atoms with van der Waals surface area (Å²) in [6.07, 6.45) is 2.33. The van der Waals surface area contributed by atoms with Gasteiger partial charge in [0.05, 0.1) is 17.6 Å². The number of nitrogens with zero attached hydrogens (tertiary/aromatic N) is 1. The molecular weight excluding hydrogens is 369 g/mol. The third-order valence-corrected chi connectivity index (χ3v) is 5.07. The maximum atomic E-state index is 13.7. The number of nitrogens with one attached hydrogen (secondary N) is 1. The zero-order valence-electron chi connectivity index (χ0n) is 13.7. The molecule has 2 aromatic rings. The number of hydrogen-bond acceptors (Lipinski definition) is 3. The van der Waals surface area contributed by atoms with Crippen molar-refractivity contribution >= 4 is 27.3 Å². The van der Waals surface area contributed by atoms with E-state index in [4.69, 9.17) is 0 Å². The van der Waals surface area contributed by atoms with Crippen LogP contribution in [0.4, 0.5) is 24.5 Å². The highest BCUT2D eigenvalue weighted by molar-refractivity contribution is 7.92. The van der Waals surface area contributed by atoms with Gasteiger partial charge in [-0.25, -0.2) is 21.6 Å². The van der Waals surface area contributed by atoms with Crippen LogP contribution in [0.25, 0.3) is 0 Å². The quantitative estimate of drug-likeness (QED) is 0.860. The van der Waals surface area contributed by atoms with Crippen molar-refractivity contribution in [3.05, 3.63) is 59.4 Å². The van der Waals surface area contributed by atoms with Crippen molar-refractivity contribution in [2.24, 2.45) is 0 Å². The molecule has 138 valence electrons. The van der Waals surface area contributed by atoms with E-state index < -0.39 is 33.4 Å². The highest BCUT2D eigenvalue weighted by atomic mass is 32.2. The zero-order chi connectivity index (χ0) is 19.1. The fourth-order valence-electron chi connectivity index (χ4n) is 2.59. The van der Waals surface area contributed by atoms with Crippen LogP contribution >= 0.6 is 0 Å². The van der Waals surface area contributed by atoms with E-state index in [2.05, 4.69) is 5.32 Å². The van der Waals surface area contributed by atoms with E-state index >= 15 is 0 Å². The van der Waals surface area contributed by atoms with Gasteiger partial charge >= 0.3 is 0 Å². The monoisotopic (exact) mass is 384 g/mol. The predicted molar refractivity (Wildman–Crippen MR) is 91.1 cm³/mol. The Morgan fingerprint density at radius 1 is 1.08 bits per heavy atom. The lowest BCUT2D eigenvalue weighted by Crippen LogP contribution is -2.33. The minimum atomic E-state index is -3.65. The highest BCUT2D eigenvalue weighted by Crippen LogP contribution is 2.38. The van der Waals surface area contributed by atoms with Gasteiger partial charge in [0, 0.05) is 11.6 Å². The first-order valence-corrected chi connectivity index (χ1v) is 9.57. The first-order valence-electron chi connectivity index (χ1n) is 7.72. The minimum Gasteiger partial charge on any atom is -0.320 e. The van der Waals surface area contributed by atoms with Gasteiger partial charge in [-0.2, -0.15) is 0 Å². The first kappa shape index (κ1) is 18.2. The van der Waals surface area contributed by atoms with Gasteiger partial charge in [0.15, 0.2) is 11.6 Å². The Labute approximate surface area is 148 Å². The summed E-state index contributed by atoms with van der Waals surface area (Å²) in [5, 5.41) is 2.38. The van der Waals surface area contributed by atoms with Crippen molar-refractivity contribution in [3.8, 4) is 0 Å². The molecule has 1 fully saturated rings. The average molecular weight is 384 g/mol. The molecule has 1 amide bonds. The number of rotatable bonds is 5. The van der Waals surface area contributed by atoms with E-state index in [0.29, 0.717) is 18.9 Å². The van der Waals surface area contributed by atoms with Crippen LogP contribution in [0.2, 0.25) is 0 Å². The van der Waals surface area contributed by atoms with Crippen LogP contribution in [0.15, 0.2) is 36.4 Å².